The molecule has 28 heavy (non-hydrogen) atoms. The zero-order valence-corrected chi connectivity index (χ0v) is 15.7. The largest absolute Gasteiger partial charge is 0.493 e. The van der Waals surface area contributed by atoms with E-state index >= 15 is 0 Å². The van der Waals surface area contributed by atoms with Crippen molar-refractivity contribution in [2.45, 2.75) is 13.8 Å². The van der Waals surface area contributed by atoms with Crippen LogP contribution in [0.5, 0.6) is 11.5 Å². The van der Waals surface area contributed by atoms with E-state index in [4.69, 9.17) is 9.47 Å². The van der Waals surface area contributed by atoms with Crippen LogP contribution in [0.1, 0.15) is 25.0 Å². The summed E-state index contributed by atoms with van der Waals surface area (Å²) in [5, 5.41) is 7.55. The average Bonchev–Trinajstić information content (AvgIpc) is 2.70. The van der Waals surface area contributed by atoms with Crippen LogP contribution in [0.25, 0.3) is 0 Å². The van der Waals surface area contributed by atoms with Crippen LogP contribution in [-0.4, -0.2) is 37.5 Å². The molecule has 0 atom stereocenters. The highest BCUT2D eigenvalue weighted by Gasteiger charge is 2.11. The summed E-state index contributed by atoms with van der Waals surface area (Å²) in [5.74, 6) is -0.629. The second kappa shape index (κ2) is 11.1. The van der Waals surface area contributed by atoms with Gasteiger partial charge in [-0.2, -0.15) is 10.2 Å². The quantitative estimate of drug-likeness (QED) is 0.415. The van der Waals surface area contributed by atoms with E-state index in [1.165, 1.54) is 12.4 Å². The molecule has 0 aromatic heterocycles. The first-order valence-corrected chi connectivity index (χ1v) is 8.75. The summed E-state index contributed by atoms with van der Waals surface area (Å²) in [5.41, 5.74) is 5.64. The Bertz CT molecular complexity index is 793. The summed E-state index contributed by atoms with van der Waals surface area (Å²) in [6.45, 7) is 4.74. The number of hydrazone groups is 2. The molecule has 0 saturated carbocycles. The summed E-state index contributed by atoms with van der Waals surface area (Å²) >= 11 is 0. The predicted octanol–water partition coefficient (Wildman–Crippen LogP) is 2.08. The Balaban J connectivity index is 1.89. The first-order valence-electron chi connectivity index (χ1n) is 8.75. The van der Waals surface area contributed by atoms with Gasteiger partial charge in [0.25, 0.3) is 0 Å². The summed E-state index contributed by atoms with van der Waals surface area (Å²) in [7, 11) is 0. The van der Waals surface area contributed by atoms with E-state index in [1.54, 1.807) is 24.3 Å². The van der Waals surface area contributed by atoms with Crippen LogP contribution in [0.3, 0.4) is 0 Å². The maximum Gasteiger partial charge on any atom is 0.331 e. The highest BCUT2D eigenvalue weighted by atomic mass is 16.5. The van der Waals surface area contributed by atoms with Crippen molar-refractivity contribution in [1.82, 2.24) is 10.9 Å². The van der Waals surface area contributed by atoms with E-state index in [0.29, 0.717) is 35.8 Å². The lowest BCUT2D eigenvalue weighted by molar-refractivity contribution is -0.139. The minimum Gasteiger partial charge on any atom is -0.493 e. The normalized spacial score (nSPS) is 10.8. The molecule has 0 aliphatic heterocycles. The van der Waals surface area contributed by atoms with Gasteiger partial charge in [0.15, 0.2) is 0 Å². The molecule has 2 aromatic rings. The molecule has 2 rings (SSSR count). The number of nitrogens with one attached hydrogen (secondary N) is 2. The summed E-state index contributed by atoms with van der Waals surface area (Å²) in [4.78, 5) is 23.6. The lowest BCUT2D eigenvalue weighted by Gasteiger charge is -2.06. The minimum absolute atomic E-state index is 0.504. The third kappa shape index (κ3) is 6.24. The van der Waals surface area contributed by atoms with Gasteiger partial charge in [0, 0.05) is 11.1 Å². The molecule has 0 radical (unpaired) electrons. The van der Waals surface area contributed by atoms with Crippen molar-refractivity contribution in [2.75, 3.05) is 13.2 Å². The predicted molar refractivity (Wildman–Crippen MR) is 107 cm³/mol. The van der Waals surface area contributed by atoms with Gasteiger partial charge < -0.3 is 9.47 Å². The van der Waals surface area contributed by atoms with Crippen molar-refractivity contribution in [1.29, 1.82) is 0 Å². The van der Waals surface area contributed by atoms with Crippen LogP contribution in [0.2, 0.25) is 0 Å². The fraction of sp³-hybridized carbons (Fsp3) is 0.200. The molecule has 2 N–H and O–H groups in total. The van der Waals surface area contributed by atoms with Gasteiger partial charge in [-0.3, -0.25) is 9.59 Å². The molecule has 2 amide bonds. The second-order valence-electron chi connectivity index (χ2n) is 5.34. The molecule has 8 heteroatoms. The average molecular weight is 382 g/mol. The number of para-hydroxylation sites is 2. The number of carbonyl (C=O) groups is 2. The summed E-state index contributed by atoms with van der Waals surface area (Å²) in [6, 6.07) is 14.4. The topological polar surface area (TPSA) is 101 Å². The smallest absolute Gasteiger partial charge is 0.331 e. The van der Waals surface area contributed by atoms with Crippen LogP contribution >= 0.6 is 0 Å². The number of hydrogen-bond donors (Lipinski definition) is 2. The Hall–Kier alpha value is -3.68. The molecule has 2 aromatic carbocycles. The van der Waals surface area contributed by atoms with Crippen LogP contribution in [0, 0.1) is 0 Å². The second-order valence-corrected chi connectivity index (χ2v) is 5.34. The minimum atomic E-state index is -0.944. The van der Waals surface area contributed by atoms with Crippen LogP contribution in [-0.2, 0) is 9.59 Å². The first kappa shape index (κ1) is 20.6. The maximum atomic E-state index is 11.8. The van der Waals surface area contributed by atoms with Crippen molar-refractivity contribution in [3.05, 3.63) is 59.7 Å². The number of amides is 2. The number of benzene rings is 2. The Morgan fingerprint density at radius 2 is 1.18 bits per heavy atom. The van der Waals surface area contributed by atoms with Crippen molar-refractivity contribution >= 4 is 24.2 Å². The van der Waals surface area contributed by atoms with Crippen LogP contribution < -0.4 is 20.3 Å². The fourth-order valence-corrected chi connectivity index (χ4v) is 2.17. The van der Waals surface area contributed by atoms with E-state index in [0.717, 1.165) is 0 Å². The SMILES string of the molecule is CCOc1ccccc1/C=N\NC(=O)C(=O)N/N=C/c1ccccc1OCC. The van der Waals surface area contributed by atoms with Gasteiger partial charge in [0.05, 0.1) is 25.6 Å². The van der Waals surface area contributed by atoms with E-state index < -0.39 is 11.8 Å². The van der Waals surface area contributed by atoms with Crippen LogP contribution in [0.4, 0.5) is 0 Å². The Kier molecular flexibility index (Phi) is 8.19. The molecule has 0 bridgehead atoms. The molecule has 8 nitrogen and oxygen atoms in total. The highest BCUT2D eigenvalue weighted by molar-refractivity contribution is 6.35. The van der Waals surface area contributed by atoms with Gasteiger partial charge in [-0.1, -0.05) is 24.3 Å². The van der Waals surface area contributed by atoms with Crippen molar-refractivity contribution in [2.24, 2.45) is 10.2 Å². The van der Waals surface area contributed by atoms with Gasteiger partial charge in [0.2, 0.25) is 0 Å². The van der Waals surface area contributed by atoms with Crippen molar-refractivity contribution in [3.8, 4) is 11.5 Å². The molecular formula is C20H22N4O4. The molecular weight excluding hydrogens is 360 g/mol. The molecule has 0 unspecified atom stereocenters. The number of ether oxygens (including phenoxy) is 2. The van der Waals surface area contributed by atoms with Gasteiger partial charge >= 0.3 is 11.8 Å². The van der Waals surface area contributed by atoms with E-state index in [1.807, 2.05) is 38.1 Å². The zero-order chi connectivity index (χ0) is 20.2. The zero-order valence-electron chi connectivity index (χ0n) is 15.7. The monoisotopic (exact) mass is 382 g/mol. The fourth-order valence-electron chi connectivity index (χ4n) is 2.17. The van der Waals surface area contributed by atoms with E-state index in [9.17, 15) is 9.59 Å². The molecule has 0 saturated heterocycles. The van der Waals surface area contributed by atoms with E-state index in [-0.39, 0.29) is 0 Å². The maximum absolute atomic E-state index is 11.8. The molecule has 146 valence electrons. The van der Waals surface area contributed by atoms with Crippen LogP contribution in [0.15, 0.2) is 58.7 Å². The van der Waals surface area contributed by atoms with Crippen molar-refractivity contribution in [3.63, 3.8) is 0 Å². The number of nitrogens with zero attached hydrogens (tertiary/aromatic N) is 2. The number of rotatable bonds is 8. The Morgan fingerprint density at radius 3 is 1.57 bits per heavy atom. The van der Waals surface area contributed by atoms with Gasteiger partial charge in [-0.25, -0.2) is 10.9 Å². The number of carbonyl (C=O) groups excluding carboxylic acids is 2. The molecule has 0 aliphatic carbocycles. The third-order valence-electron chi connectivity index (χ3n) is 3.38. The number of hydrogen-bond acceptors (Lipinski definition) is 6. The molecule has 0 aliphatic rings. The molecule has 0 fully saturated rings. The standard InChI is InChI=1S/C20H22N4O4/c1-3-27-17-11-7-5-9-15(17)13-21-23-19(25)20(26)24-22-14-16-10-6-8-12-18(16)28-4-2/h5-14H,3-4H2,1-2H3,(H,23,25)(H,24,26)/b21-13-,22-14+. The third-order valence-corrected chi connectivity index (χ3v) is 3.38. The van der Waals surface area contributed by atoms with Crippen molar-refractivity contribution < 1.29 is 19.1 Å². The Morgan fingerprint density at radius 1 is 0.786 bits per heavy atom. The first-order chi connectivity index (χ1) is 13.7. The molecule has 0 heterocycles. The lowest BCUT2D eigenvalue weighted by Crippen LogP contribution is -2.35. The lowest BCUT2D eigenvalue weighted by atomic mass is 10.2. The van der Waals surface area contributed by atoms with Gasteiger partial charge in [-0.15, -0.1) is 0 Å². The Labute approximate surface area is 163 Å². The van der Waals surface area contributed by atoms with Gasteiger partial charge in [0.1, 0.15) is 11.5 Å². The summed E-state index contributed by atoms with van der Waals surface area (Å²) < 4.78 is 10.9. The molecule has 0 spiro atoms. The van der Waals surface area contributed by atoms with E-state index in [2.05, 4.69) is 21.1 Å². The highest BCUT2D eigenvalue weighted by Crippen LogP contribution is 2.16. The summed E-state index contributed by atoms with van der Waals surface area (Å²) in [6.07, 6.45) is 2.80. The van der Waals surface area contributed by atoms with Gasteiger partial charge in [-0.05, 0) is 38.1 Å².